The van der Waals surface area contributed by atoms with Crippen LogP contribution in [0, 0.1) is 5.92 Å². The first kappa shape index (κ1) is 10.4. The van der Waals surface area contributed by atoms with Crippen LogP contribution in [0.1, 0.15) is 38.4 Å². The Morgan fingerprint density at radius 3 is 3.07 bits per heavy atom. The lowest BCUT2D eigenvalue weighted by Gasteiger charge is -2.05. The highest BCUT2D eigenvalue weighted by molar-refractivity contribution is 5.80. The third kappa shape index (κ3) is 2.91. The Bertz CT molecular complexity index is 339. The van der Waals surface area contributed by atoms with Crippen molar-refractivity contribution in [2.24, 2.45) is 5.92 Å². The van der Waals surface area contributed by atoms with Crippen molar-refractivity contribution in [3.05, 3.63) is 18.2 Å². The van der Waals surface area contributed by atoms with E-state index in [-0.39, 0.29) is 0 Å². The molecule has 0 N–H and O–H groups in total. The fraction of sp³-hybridized carbons (Fsp3) is 0.667. The molecule has 0 bridgehead atoms. The zero-order chi connectivity index (χ0) is 10.7. The highest BCUT2D eigenvalue weighted by Gasteiger charge is 2.24. The summed E-state index contributed by atoms with van der Waals surface area (Å²) in [5.41, 5.74) is 0. The van der Waals surface area contributed by atoms with E-state index in [1.807, 2.05) is 6.20 Å². The quantitative estimate of drug-likeness (QED) is 0.715. The van der Waals surface area contributed by atoms with Crippen LogP contribution in [0.15, 0.2) is 12.4 Å². The van der Waals surface area contributed by atoms with Crippen LogP contribution in [0.5, 0.6) is 0 Å². The molecule has 3 nitrogen and oxygen atoms in total. The Hall–Kier alpha value is -1.12. The first-order valence-electron chi connectivity index (χ1n) is 5.81. The molecule has 0 saturated heterocycles. The van der Waals surface area contributed by atoms with Crippen molar-refractivity contribution in [2.45, 2.75) is 45.6 Å². The van der Waals surface area contributed by atoms with Crippen molar-refractivity contribution >= 4 is 5.78 Å². The standard InChI is InChI=1S/C12H18N2O/c1-2-6-14-7-5-13-12(14)9-11(15)8-10-3-4-10/h5,7,10H,2-4,6,8-9H2,1H3. The monoisotopic (exact) mass is 206 g/mol. The highest BCUT2D eigenvalue weighted by Crippen LogP contribution is 2.32. The SMILES string of the molecule is CCCn1ccnc1CC(=O)CC1CC1. The van der Waals surface area contributed by atoms with Gasteiger partial charge in [-0.3, -0.25) is 4.79 Å². The third-order valence-electron chi connectivity index (χ3n) is 2.83. The molecule has 0 radical (unpaired) electrons. The minimum absolute atomic E-state index is 0.348. The fourth-order valence-corrected chi connectivity index (χ4v) is 1.84. The van der Waals surface area contributed by atoms with Crippen LogP contribution in [0.25, 0.3) is 0 Å². The first-order chi connectivity index (χ1) is 7.29. The fourth-order valence-electron chi connectivity index (χ4n) is 1.84. The van der Waals surface area contributed by atoms with E-state index in [1.165, 1.54) is 12.8 Å². The van der Waals surface area contributed by atoms with Crippen LogP contribution in [0.3, 0.4) is 0 Å². The molecule has 0 unspecified atom stereocenters. The number of aromatic nitrogens is 2. The molecular weight excluding hydrogens is 188 g/mol. The topological polar surface area (TPSA) is 34.9 Å². The van der Waals surface area contributed by atoms with Gasteiger partial charge in [-0.15, -0.1) is 0 Å². The highest BCUT2D eigenvalue weighted by atomic mass is 16.1. The second-order valence-electron chi connectivity index (χ2n) is 4.40. The second kappa shape index (κ2) is 4.60. The Morgan fingerprint density at radius 2 is 2.40 bits per heavy atom. The number of aryl methyl sites for hydroxylation is 1. The summed E-state index contributed by atoms with van der Waals surface area (Å²) in [6.07, 6.45) is 8.60. The van der Waals surface area contributed by atoms with E-state index in [9.17, 15) is 4.79 Å². The van der Waals surface area contributed by atoms with E-state index in [0.717, 1.165) is 25.2 Å². The molecular formula is C12H18N2O. The lowest BCUT2D eigenvalue weighted by atomic mass is 10.1. The summed E-state index contributed by atoms with van der Waals surface area (Å²) in [5, 5.41) is 0. The molecule has 1 aromatic rings. The van der Waals surface area contributed by atoms with Gasteiger partial charge in [-0.2, -0.15) is 0 Å². The van der Waals surface area contributed by atoms with E-state index in [4.69, 9.17) is 0 Å². The van der Waals surface area contributed by atoms with Crippen LogP contribution < -0.4 is 0 Å². The van der Waals surface area contributed by atoms with Gasteiger partial charge >= 0.3 is 0 Å². The molecule has 82 valence electrons. The van der Waals surface area contributed by atoms with Crippen LogP contribution in [0.2, 0.25) is 0 Å². The smallest absolute Gasteiger partial charge is 0.140 e. The molecule has 1 aromatic heterocycles. The van der Waals surface area contributed by atoms with Gasteiger partial charge in [0.1, 0.15) is 11.6 Å². The van der Waals surface area contributed by atoms with Crippen molar-refractivity contribution < 1.29 is 4.79 Å². The first-order valence-corrected chi connectivity index (χ1v) is 5.81. The predicted octanol–water partition coefficient (Wildman–Crippen LogP) is 2.20. The van der Waals surface area contributed by atoms with Gasteiger partial charge in [0.15, 0.2) is 0 Å². The second-order valence-corrected chi connectivity index (χ2v) is 4.40. The van der Waals surface area contributed by atoms with E-state index < -0.39 is 0 Å². The molecule has 0 aromatic carbocycles. The van der Waals surface area contributed by atoms with E-state index in [0.29, 0.717) is 18.1 Å². The molecule has 0 atom stereocenters. The van der Waals surface area contributed by atoms with Crippen LogP contribution in [0.4, 0.5) is 0 Å². The molecule has 0 aliphatic heterocycles. The van der Waals surface area contributed by atoms with Crippen LogP contribution >= 0.6 is 0 Å². The number of carbonyl (C=O) groups is 1. The number of hydrogen-bond acceptors (Lipinski definition) is 2. The van der Waals surface area contributed by atoms with Crippen molar-refractivity contribution in [1.82, 2.24) is 9.55 Å². The third-order valence-corrected chi connectivity index (χ3v) is 2.83. The summed E-state index contributed by atoms with van der Waals surface area (Å²) in [7, 11) is 0. The maximum absolute atomic E-state index is 11.7. The minimum Gasteiger partial charge on any atom is -0.335 e. The number of carbonyl (C=O) groups excluding carboxylic acids is 1. The Balaban J connectivity index is 1.90. The Labute approximate surface area is 90.5 Å². The molecule has 3 heteroatoms. The number of rotatable bonds is 6. The lowest BCUT2D eigenvalue weighted by Crippen LogP contribution is -2.10. The molecule has 1 heterocycles. The molecule has 15 heavy (non-hydrogen) atoms. The van der Waals surface area contributed by atoms with Gasteiger partial charge in [-0.25, -0.2) is 4.98 Å². The number of hydrogen-bond donors (Lipinski definition) is 0. The molecule has 0 spiro atoms. The average molecular weight is 206 g/mol. The molecule has 1 aliphatic rings. The summed E-state index contributed by atoms with van der Waals surface area (Å²) in [6.45, 7) is 3.10. The van der Waals surface area contributed by atoms with Crippen molar-refractivity contribution in [3.63, 3.8) is 0 Å². The van der Waals surface area contributed by atoms with Gasteiger partial charge in [-0.05, 0) is 25.2 Å². The zero-order valence-electron chi connectivity index (χ0n) is 9.28. The van der Waals surface area contributed by atoms with Gasteiger partial charge in [0.25, 0.3) is 0 Å². The number of imidazole rings is 1. The van der Waals surface area contributed by atoms with Crippen molar-refractivity contribution in [2.75, 3.05) is 0 Å². The molecule has 2 rings (SSSR count). The van der Waals surface area contributed by atoms with E-state index in [1.54, 1.807) is 6.20 Å². The van der Waals surface area contributed by atoms with Gasteiger partial charge < -0.3 is 4.57 Å². The Morgan fingerprint density at radius 1 is 1.60 bits per heavy atom. The summed E-state index contributed by atoms with van der Waals surface area (Å²) < 4.78 is 2.09. The van der Waals surface area contributed by atoms with Gasteiger partial charge in [0, 0.05) is 25.4 Å². The summed E-state index contributed by atoms with van der Waals surface area (Å²) >= 11 is 0. The number of nitrogens with zero attached hydrogens (tertiary/aromatic N) is 2. The van der Waals surface area contributed by atoms with Crippen LogP contribution in [-0.4, -0.2) is 15.3 Å². The van der Waals surface area contributed by atoms with E-state index >= 15 is 0 Å². The number of Topliss-reactive ketones (excluding diaryl/α,β-unsaturated/α-hetero) is 1. The number of ketones is 1. The summed E-state index contributed by atoms with van der Waals surface area (Å²) in [5.74, 6) is 1.97. The van der Waals surface area contributed by atoms with Crippen LogP contribution in [-0.2, 0) is 17.8 Å². The van der Waals surface area contributed by atoms with Gasteiger partial charge in [-0.1, -0.05) is 6.92 Å². The largest absolute Gasteiger partial charge is 0.335 e. The average Bonchev–Trinajstić information content (AvgIpc) is 2.90. The zero-order valence-corrected chi connectivity index (χ0v) is 9.28. The lowest BCUT2D eigenvalue weighted by molar-refractivity contribution is -0.118. The predicted molar refractivity (Wildman–Crippen MR) is 58.6 cm³/mol. The van der Waals surface area contributed by atoms with E-state index in [2.05, 4.69) is 16.5 Å². The summed E-state index contributed by atoms with van der Waals surface area (Å²) in [4.78, 5) is 15.9. The molecule has 1 saturated carbocycles. The normalized spacial score (nSPS) is 15.5. The maximum Gasteiger partial charge on any atom is 0.140 e. The van der Waals surface area contributed by atoms with Gasteiger partial charge in [0.05, 0.1) is 6.42 Å². The Kier molecular flexibility index (Phi) is 3.19. The maximum atomic E-state index is 11.7. The molecule has 1 fully saturated rings. The van der Waals surface area contributed by atoms with Crippen molar-refractivity contribution in [1.29, 1.82) is 0 Å². The molecule has 0 amide bonds. The summed E-state index contributed by atoms with van der Waals surface area (Å²) in [6, 6.07) is 0. The molecule has 1 aliphatic carbocycles. The van der Waals surface area contributed by atoms with Crippen molar-refractivity contribution in [3.8, 4) is 0 Å². The minimum atomic E-state index is 0.348. The van der Waals surface area contributed by atoms with Gasteiger partial charge in [0.2, 0.25) is 0 Å².